The maximum atomic E-state index is 14.4. The van der Waals surface area contributed by atoms with E-state index in [1.807, 2.05) is 6.92 Å². The number of halogens is 2. The molecule has 5 nitrogen and oxygen atoms in total. The van der Waals surface area contributed by atoms with Crippen LogP contribution < -0.4 is 9.81 Å². The molecule has 1 aromatic heterocycles. The van der Waals surface area contributed by atoms with Crippen LogP contribution in [-0.4, -0.2) is 14.7 Å². The minimum absolute atomic E-state index is 0.275. The average Bonchev–Trinajstić information content (AvgIpc) is 2.36. The summed E-state index contributed by atoms with van der Waals surface area (Å²) in [7, 11) is -4.03. The van der Waals surface area contributed by atoms with Crippen LogP contribution in [0.15, 0.2) is 25.8 Å². The second-order valence-corrected chi connectivity index (χ2v) is 7.62. The topological polar surface area (TPSA) is 73.6 Å². The van der Waals surface area contributed by atoms with E-state index in [1.54, 1.807) is 19.1 Å². The molecule has 0 unspecified atom stereocenters. The van der Waals surface area contributed by atoms with Gasteiger partial charge < -0.3 is 8.60 Å². The first-order valence-corrected chi connectivity index (χ1v) is 9.12. The molecule has 0 aliphatic carbocycles. The molecule has 0 aliphatic heterocycles. The predicted octanol–water partition coefficient (Wildman–Crippen LogP) is 3.47. The summed E-state index contributed by atoms with van der Waals surface area (Å²) in [4.78, 5) is 12.3. The highest BCUT2D eigenvalue weighted by Crippen LogP contribution is 2.38. The molecule has 0 saturated heterocycles. The Morgan fingerprint density at radius 3 is 2.30 bits per heavy atom. The summed E-state index contributed by atoms with van der Waals surface area (Å²) in [6.45, 7) is 4.79. The van der Waals surface area contributed by atoms with Gasteiger partial charge in [-0.2, -0.15) is 12.8 Å². The Morgan fingerprint density at radius 2 is 1.78 bits per heavy atom. The van der Waals surface area contributed by atoms with Crippen molar-refractivity contribution in [1.82, 2.24) is 0 Å². The molecule has 0 spiro atoms. The molecule has 0 fully saturated rings. The second kappa shape index (κ2) is 6.09. The fourth-order valence-corrected chi connectivity index (χ4v) is 3.61. The molecular formula is C15H14BrFO5S. The van der Waals surface area contributed by atoms with E-state index in [0.717, 1.165) is 11.8 Å². The molecule has 0 saturated carbocycles. The summed E-state index contributed by atoms with van der Waals surface area (Å²) in [5, 5.41) is 0. The third-order valence-electron chi connectivity index (χ3n) is 3.10. The lowest BCUT2D eigenvalue weighted by atomic mass is 9.99. The second-order valence-electron chi connectivity index (χ2n) is 5.19. The summed E-state index contributed by atoms with van der Waals surface area (Å²) < 4.78 is 47.4. The standard InChI is InChI=1S/C15H14BrFO5S/c1-7-5-8(2)11(10(16)6-7)12-14(22-23(4,19)20)13(17)9(3)21-15(12)18/h5-6H,1-4H3. The van der Waals surface area contributed by atoms with E-state index in [0.29, 0.717) is 15.6 Å². The zero-order valence-electron chi connectivity index (χ0n) is 12.9. The van der Waals surface area contributed by atoms with E-state index in [-0.39, 0.29) is 11.3 Å². The van der Waals surface area contributed by atoms with Crippen molar-refractivity contribution >= 4 is 26.0 Å². The molecule has 0 N–H and O–H groups in total. The Kier molecular flexibility index (Phi) is 4.68. The largest absolute Gasteiger partial charge is 0.424 e. The summed E-state index contributed by atoms with van der Waals surface area (Å²) in [5.41, 5.74) is 0.728. The minimum Gasteiger partial charge on any atom is -0.424 e. The highest BCUT2D eigenvalue weighted by Gasteiger charge is 2.26. The summed E-state index contributed by atoms with van der Waals surface area (Å²) >= 11 is 3.32. The van der Waals surface area contributed by atoms with Crippen molar-refractivity contribution in [2.75, 3.05) is 6.26 Å². The molecule has 0 radical (unpaired) electrons. The number of rotatable bonds is 3. The molecule has 2 aromatic rings. The molecule has 1 aromatic carbocycles. The number of hydrogen-bond acceptors (Lipinski definition) is 5. The van der Waals surface area contributed by atoms with Gasteiger partial charge in [-0.1, -0.05) is 22.0 Å². The monoisotopic (exact) mass is 404 g/mol. The molecule has 2 rings (SSSR count). The van der Waals surface area contributed by atoms with Gasteiger partial charge in [0.05, 0.1) is 6.26 Å². The molecule has 0 bridgehead atoms. The highest BCUT2D eigenvalue weighted by atomic mass is 79.9. The Labute approximate surface area is 141 Å². The van der Waals surface area contributed by atoms with Crippen LogP contribution in [0, 0.1) is 26.6 Å². The molecule has 0 amide bonds. The summed E-state index contributed by atoms with van der Waals surface area (Å²) in [6.07, 6.45) is 0.775. The quantitative estimate of drug-likeness (QED) is 0.732. The van der Waals surface area contributed by atoms with Gasteiger partial charge in [0.1, 0.15) is 11.3 Å². The van der Waals surface area contributed by atoms with Gasteiger partial charge in [0.2, 0.25) is 5.82 Å². The number of aryl methyl sites for hydroxylation is 3. The van der Waals surface area contributed by atoms with Gasteiger partial charge in [-0.05, 0) is 38.0 Å². The smallest absolute Gasteiger partial charge is 0.347 e. The van der Waals surface area contributed by atoms with Gasteiger partial charge >= 0.3 is 15.7 Å². The lowest BCUT2D eigenvalue weighted by Gasteiger charge is -2.14. The van der Waals surface area contributed by atoms with E-state index in [9.17, 15) is 17.6 Å². The first-order valence-electron chi connectivity index (χ1n) is 6.51. The first kappa shape index (κ1) is 17.7. The van der Waals surface area contributed by atoms with Crippen LogP contribution in [0.4, 0.5) is 4.39 Å². The highest BCUT2D eigenvalue weighted by molar-refractivity contribution is 9.10. The van der Waals surface area contributed by atoms with E-state index in [2.05, 4.69) is 15.9 Å². The summed E-state index contributed by atoms with van der Waals surface area (Å²) in [5.74, 6) is -2.04. The van der Waals surface area contributed by atoms with Crippen molar-refractivity contribution in [3.63, 3.8) is 0 Å². The lowest BCUT2D eigenvalue weighted by molar-refractivity contribution is 0.403. The van der Waals surface area contributed by atoms with Crippen LogP contribution in [0.25, 0.3) is 11.1 Å². The Hall–Kier alpha value is -1.67. The van der Waals surface area contributed by atoms with Crippen LogP contribution in [0.3, 0.4) is 0 Å². The molecule has 0 atom stereocenters. The average molecular weight is 405 g/mol. The van der Waals surface area contributed by atoms with Crippen molar-refractivity contribution in [3.05, 3.63) is 49.7 Å². The first-order chi connectivity index (χ1) is 10.5. The molecule has 0 aliphatic rings. The van der Waals surface area contributed by atoms with Gasteiger partial charge in [0.25, 0.3) is 0 Å². The zero-order chi connectivity index (χ0) is 17.5. The van der Waals surface area contributed by atoms with Gasteiger partial charge in [0, 0.05) is 10.0 Å². The van der Waals surface area contributed by atoms with Gasteiger partial charge in [0.15, 0.2) is 5.75 Å². The SMILES string of the molecule is Cc1cc(C)c(-c2c(OS(C)(=O)=O)c(F)c(C)oc2=O)c(Br)c1. The van der Waals surface area contributed by atoms with Gasteiger partial charge in [-0.3, -0.25) is 0 Å². The van der Waals surface area contributed by atoms with Crippen molar-refractivity contribution < 1.29 is 21.4 Å². The predicted molar refractivity (Wildman–Crippen MR) is 87.8 cm³/mol. The van der Waals surface area contributed by atoms with E-state index >= 15 is 0 Å². The van der Waals surface area contributed by atoms with Crippen LogP contribution in [0.1, 0.15) is 16.9 Å². The molecule has 8 heteroatoms. The third-order valence-corrected chi connectivity index (χ3v) is 4.20. The lowest BCUT2D eigenvalue weighted by Crippen LogP contribution is -2.15. The van der Waals surface area contributed by atoms with Crippen LogP contribution >= 0.6 is 15.9 Å². The van der Waals surface area contributed by atoms with Crippen molar-refractivity contribution in [2.45, 2.75) is 20.8 Å². The van der Waals surface area contributed by atoms with Crippen molar-refractivity contribution in [2.24, 2.45) is 0 Å². The van der Waals surface area contributed by atoms with Gasteiger partial charge in [-0.15, -0.1) is 0 Å². The van der Waals surface area contributed by atoms with Crippen LogP contribution in [-0.2, 0) is 10.1 Å². The summed E-state index contributed by atoms with van der Waals surface area (Å²) in [6, 6.07) is 3.51. The maximum absolute atomic E-state index is 14.4. The Bertz CT molecular complexity index is 924. The fraction of sp³-hybridized carbons (Fsp3) is 0.267. The normalized spacial score (nSPS) is 11.6. The maximum Gasteiger partial charge on any atom is 0.347 e. The number of hydrogen-bond donors (Lipinski definition) is 0. The van der Waals surface area contributed by atoms with Crippen LogP contribution in [0.2, 0.25) is 0 Å². The number of benzene rings is 1. The molecule has 1 heterocycles. The molecule has 124 valence electrons. The van der Waals surface area contributed by atoms with Crippen molar-refractivity contribution in [3.8, 4) is 16.9 Å². The van der Waals surface area contributed by atoms with Crippen LogP contribution in [0.5, 0.6) is 5.75 Å². The Morgan fingerprint density at radius 1 is 1.17 bits per heavy atom. The minimum atomic E-state index is -4.03. The zero-order valence-corrected chi connectivity index (χ0v) is 15.3. The molecular weight excluding hydrogens is 391 g/mol. The van der Waals surface area contributed by atoms with E-state index in [1.165, 1.54) is 6.92 Å². The van der Waals surface area contributed by atoms with E-state index < -0.39 is 27.3 Å². The van der Waals surface area contributed by atoms with Crippen molar-refractivity contribution in [1.29, 1.82) is 0 Å². The third kappa shape index (κ3) is 3.64. The molecule has 23 heavy (non-hydrogen) atoms. The Balaban J connectivity index is 2.93. The van der Waals surface area contributed by atoms with E-state index in [4.69, 9.17) is 8.60 Å². The fourth-order valence-electron chi connectivity index (χ4n) is 2.27. The van der Waals surface area contributed by atoms with Gasteiger partial charge in [-0.25, -0.2) is 4.79 Å².